The number of aromatic amines is 1. The molecule has 5 rings (SSSR count). The van der Waals surface area contributed by atoms with Crippen molar-refractivity contribution in [3.8, 4) is 0 Å². The Morgan fingerprint density at radius 2 is 2.03 bits per heavy atom. The molecule has 0 bridgehead atoms. The lowest BCUT2D eigenvalue weighted by atomic mass is 10.1. The molecule has 36 heavy (non-hydrogen) atoms. The first-order chi connectivity index (χ1) is 17.2. The first kappa shape index (κ1) is 24.4. The number of nitrogens with zero attached hydrogens (tertiary/aromatic N) is 1. The molecule has 11 heteroatoms. The molecule has 0 radical (unpaired) electrons. The number of sulfone groups is 1. The summed E-state index contributed by atoms with van der Waals surface area (Å²) in [7, 11) is -3.85. The minimum atomic E-state index is -3.85. The maximum absolute atomic E-state index is 13.5. The number of pyridine rings is 1. The summed E-state index contributed by atoms with van der Waals surface area (Å²) in [5.41, 5.74) is 1.42. The predicted octanol–water partition coefficient (Wildman–Crippen LogP) is 1.38. The number of aliphatic hydroxyl groups is 1. The number of β-amino-alcohol motifs (C(OH)–C–C–N with tert-alkyl or cyclic N) is 1. The van der Waals surface area contributed by atoms with E-state index >= 15 is 0 Å². The summed E-state index contributed by atoms with van der Waals surface area (Å²) in [6.45, 7) is 3.75. The molecule has 2 saturated heterocycles. The van der Waals surface area contributed by atoms with Crippen molar-refractivity contribution in [1.82, 2.24) is 10.3 Å². The molecule has 2 aliphatic rings. The number of fused-ring (bicyclic) bond motifs is 1. The van der Waals surface area contributed by atoms with Gasteiger partial charge in [-0.1, -0.05) is 0 Å². The van der Waals surface area contributed by atoms with Gasteiger partial charge in [0.1, 0.15) is 0 Å². The van der Waals surface area contributed by atoms with Crippen LogP contribution < -0.4 is 21.1 Å². The van der Waals surface area contributed by atoms with Crippen LogP contribution in [0.5, 0.6) is 0 Å². The highest BCUT2D eigenvalue weighted by Crippen LogP contribution is 2.30. The summed E-state index contributed by atoms with van der Waals surface area (Å²) in [4.78, 5) is 29.9. The highest BCUT2D eigenvalue weighted by molar-refractivity contribution is 7.92. The molecule has 1 aromatic heterocycles. The van der Waals surface area contributed by atoms with E-state index in [1.54, 1.807) is 24.3 Å². The molecule has 2 fully saturated rings. The Bertz CT molecular complexity index is 1480. The topological polar surface area (TPSA) is 141 Å². The molecule has 10 nitrogen and oxygen atoms in total. The first-order valence-corrected chi connectivity index (χ1v) is 13.4. The van der Waals surface area contributed by atoms with E-state index in [9.17, 15) is 23.1 Å². The van der Waals surface area contributed by atoms with Crippen molar-refractivity contribution in [3.63, 3.8) is 0 Å². The summed E-state index contributed by atoms with van der Waals surface area (Å²) in [6, 6.07) is 11.1. The number of nitrogens with one attached hydrogen (secondary N) is 3. The molecule has 2 aromatic carbocycles. The molecule has 2 aliphatic heterocycles. The van der Waals surface area contributed by atoms with Crippen molar-refractivity contribution in [2.24, 2.45) is 0 Å². The number of hydrogen-bond donors (Lipinski definition) is 4. The summed E-state index contributed by atoms with van der Waals surface area (Å²) >= 11 is 0. The number of aryl methyl sites for hydroxylation is 1. The highest BCUT2D eigenvalue weighted by atomic mass is 32.2. The van der Waals surface area contributed by atoms with E-state index in [4.69, 9.17) is 4.74 Å². The molecule has 2 atom stereocenters. The van der Waals surface area contributed by atoms with Gasteiger partial charge in [-0.15, -0.1) is 0 Å². The summed E-state index contributed by atoms with van der Waals surface area (Å²) in [5, 5.41) is 16.7. The molecule has 3 aromatic rings. The molecule has 0 spiro atoms. The molecule has 0 saturated carbocycles. The van der Waals surface area contributed by atoms with Crippen LogP contribution in [0.4, 0.5) is 11.4 Å². The lowest BCUT2D eigenvalue weighted by Gasteiger charge is -2.25. The van der Waals surface area contributed by atoms with Crippen molar-refractivity contribution in [2.75, 3.05) is 43.0 Å². The van der Waals surface area contributed by atoms with Gasteiger partial charge in [0.25, 0.3) is 5.91 Å². The van der Waals surface area contributed by atoms with Crippen LogP contribution in [0.15, 0.2) is 52.2 Å². The number of benzene rings is 2. The van der Waals surface area contributed by atoms with Gasteiger partial charge >= 0.3 is 0 Å². The van der Waals surface area contributed by atoms with Crippen LogP contribution in [0.3, 0.4) is 0 Å². The normalized spacial score (nSPS) is 20.6. The Hall–Kier alpha value is -3.25. The number of ether oxygens (including phenoxy) is 1. The fraction of sp³-hybridized carbons (Fsp3) is 0.360. The van der Waals surface area contributed by atoms with E-state index in [0.29, 0.717) is 42.9 Å². The number of amides is 1. The minimum absolute atomic E-state index is 0.00298. The highest BCUT2D eigenvalue weighted by Gasteiger charge is 2.32. The molecule has 190 valence electrons. The summed E-state index contributed by atoms with van der Waals surface area (Å²) < 4.78 is 32.0. The molecule has 2 unspecified atom stereocenters. The number of morpholine rings is 1. The average Bonchev–Trinajstić information content (AvgIpc) is 3.30. The third-order valence-corrected chi connectivity index (χ3v) is 8.50. The van der Waals surface area contributed by atoms with Crippen LogP contribution in [0, 0.1) is 6.92 Å². The van der Waals surface area contributed by atoms with E-state index in [0.717, 1.165) is 10.9 Å². The lowest BCUT2D eigenvalue weighted by molar-refractivity contribution is 0.0785. The zero-order valence-electron chi connectivity index (χ0n) is 19.8. The lowest BCUT2D eigenvalue weighted by Crippen LogP contribution is -2.43. The average molecular weight is 513 g/mol. The van der Waals surface area contributed by atoms with E-state index in [2.05, 4.69) is 15.6 Å². The second kappa shape index (κ2) is 9.66. The number of aromatic nitrogens is 1. The van der Waals surface area contributed by atoms with Crippen LogP contribution in [0.1, 0.15) is 22.3 Å². The molecule has 4 N–H and O–H groups in total. The Labute approximate surface area is 208 Å². The first-order valence-electron chi connectivity index (χ1n) is 11.8. The van der Waals surface area contributed by atoms with Crippen LogP contribution in [-0.4, -0.2) is 68.7 Å². The maximum atomic E-state index is 13.5. The van der Waals surface area contributed by atoms with Gasteiger partial charge in [0.15, 0.2) is 5.44 Å². The maximum Gasteiger partial charge on any atom is 0.257 e. The number of rotatable bonds is 5. The standard InChI is InChI=1S/C25H28N4O6S/c1-15-10-23(31)28-21-4-2-16(11-19(15)21)27-25(32)20-12-18(36(33,34)24-13-26-7-9-35-24)3-5-22(20)29-8-6-17(30)14-29/h2-5,10-12,17,24,26,30H,6-9,13-14H2,1H3,(H,27,32)(H,28,31). The van der Waals surface area contributed by atoms with Gasteiger partial charge in [0.2, 0.25) is 15.4 Å². The van der Waals surface area contributed by atoms with E-state index in [-0.39, 0.29) is 29.2 Å². The molecule has 3 heterocycles. The van der Waals surface area contributed by atoms with Crippen molar-refractivity contribution in [2.45, 2.75) is 29.8 Å². The van der Waals surface area contributed by atoms with E-state index in [1.807, 2.05) is 11.8 Å². The van der Waals surface area contributed by atoms with Crippen LogP contribution in [-0.2, 0) is 14.6 Å². The van der Waals surface area contributed by atoms with Crippen LogP contribution >= 0.6 is 0 Å². The number of anilines is 2. The third kappa shape index (κ3) is 4.74. The Balaban J connectivity index is 1.51. The summed E-state index contributed by atoms with van der Waals surface area (Å²) in [6.07, 6.45) is 0.0434. The summed E-state index contributed by atoms with van der Waals surface area (Å²) in [5.74, 6) is -0.479. The largest absolute Gasteiger partial charge is 0.391 e. The van der Waals surface area contributed by atoms with Gasteiger partial charge in [-0.2, -0.15) is 0 Å². The van der Waals surface area contributed by atoms with Gasteiger partial charge in [-0.3, -0.25) is 9.59 Å². The van der Waals surface area contributed by atoms with Gasteiger partial charge in [0, 0.05) is 54.5 Å². The fourth-order valence-corrected chi connectivity index (χ4v) is 6.16. The number of carbonyl (C=O) groups excluding carboxylic acids is 1. The Kier molecular flexibility index (Phi) is 6.56. The molecular formula is C25H28N4O6S. The second-order valence-electron chi connectivity index (χ2n) is 9.15. The van der Waals surface area contributed by atoms with Gasteiger partial charge in [-0.05, 0) is 55.3 Å². The number of hydrogen-bond acceptors (Lipinski definition) is 8. The smallest absolute Gasteiger partial charge is 0.257 e. The van der Waals surface area contributed by atoms with Gasteiger partial charge < -0.3 is 30.4 Å². The molecule has 0 aliphatic carbocycles. The zero-order valence-corrected chi connectivity index (χ0v) is 20.6. The van der Waals surface area contributed by atoms with Gasteiger partial charge in [-0.25, -0.2) is 8.42 Å². The van der Waals surface area contributed by atoms with Crippen molar-refractivity contribution >= 4 is 38.0 Å². The number of aliphatic hydroxyl groups excluding tert-OH is 1. The Morgan fingerprint density at radius 1 is 1.19 bits per heavy atom. The quantitative estimate of drug-likeness (QED) is 0.402. The van der Waals surface area contributed by atoms with Crippen molar-refractivity contribution in [3.05, 3.63) is 63.9 Å². The SMILES string of the molecule is Cc1cc(=O)[nH]c2ccc(NC(=O)c3cc(S(=O)(=O)C4CNCCO4)ccc3N3CCC(O)C3)cc12. The van der Waals surface area contributed by atoms with Crippen molar-refractivity contribution in [1.29, 1.82) is 0 Å². The minimum Gasteiger partial charge on any atom is -0.391 e. The molecular weight excluding hydrogens is 484 g/mol. The monoisotopic (exact) mass is 512 g/mol. The van der Waals surface area contributed by atoms with Crippen molar-refractivity contribution < 1.29 is 23.1 Å². The van der Waals surface area contributed by atoms with E-state index < -0.39 is 27.3 Å². The predicted molar refractivity (Wildman–Crippen MR) is 136 cm³/mol. The van der Waals surface area contributed by atoms with Crippen LogP contribution in [0.25, 0.3) is 10.9 Å². The van der Waals surface area contributed by atoms with Crippen LogP contribution in [0.2, 0.25) is 0 Å². The van der Waals surface area contributed by atoms with E-state index in [1.165, 1.54) is 18.2 Å². The number of H-pyrrole nitrogens is 1. The molecule has 1 amide bonds. The Morgan fingerprint density at radius 3 is 2.75 bits per heavy atom. The zero-order chi connectivity index (χ0) is 25.4. The second-order valence-corrected chi connectivity index (χ2v) is 11.2. The third-order valence-electron chi connectivity index (χ3n) is 6.59. The number of carbonyl (C=O) groups is 1. The van der Waals surface area contributed by atoms with Gasteiger partial charge in [0.05, 0.1) is 23.2 Å². The fourth-order valence-electron chi connectivity index (χ4n) is 4.70.